The van der Waals surface area contributed by atoms with Gasteiger partial charge in [-0.05, 0) is 50.9 Å². The van der Waals surface area contributed by atoms with Crippen LogP contribution < -0.4 is 0 Å². The molecule has 0 saturated carbocycles. The van der Waals surface area contributed by atoms with Gasteiger partial charge in [0.1, 0.15) is 5.54 Å². The second-order valence-electron chi connectivity index (χ2n) is 8.53. The molecule has 1 spiro atoms. The van der Waals surface area contributed by atoms with Gasteiger partial charge in [0, 0.05) is 6.42 Å². The predicted molar refractivity (Wildman–Crippen MR) is 99.5 cm³/mol. The van der Waals surface area contributed by atoms with Crippen LogP contribution in [0.1, 0.15) is 32.6 Å². The standard InChI is InChI=1S/C17H31NO4Si2/c1-7-8-11-24(5,6)22-18-16(20)13-17(18)10-9-14(19)12-15(17)21-23(2,3)4/h9-10,15H,7-8,11-13H2,1-6H3. The Hall–Kier alpha value is -0.766. The van der Waals surface area contributed by atoms with E-state index in [4.69, 9.17) is 8.95 Å². The molecule has 1 heterocycles. The number of amides is 1. The smallest absolute Gasteiger partial charge is 0.248 e. The Kier molecular flexibility index (Phi) is 5.59. The molecule has 0 aromatic heterocycles. The van der Waals surface area contributed by atoms with Gasteiger partial charge in [-0.15, -0.1) is 0 Å². The summed E-state index contributed by atoms with van der Waals surface area (Å²) in [6, 6.07) is 1.02. The topological polar surface area (TPSA) is 55.8 Å². The Labute approximate surface area is 147 Å². The van der Waals surface area contributed by atoms with Gasteiger partial charge in [-0.2, -0.15) is 0 Å². The molecule has 0 radical (unpaired) electrons. The van der Waals surface area contributed by atoms with Crippen molar-refractivity contribution < 1.29 is 18.5 Å². The van der Waals surface area contributed by atoms with Crippen molar-refractivity contribution >= 4 is 28.3 Å². The molecule has 2 rings (SSSR count). The molecule has 1 aliphatic heterocycles. The molecule has 0 aromatic rings. The fourth-order valence-corrected chi connectivity index (χ4v) is 6.48. The van der Waals surface area contributed by atoms with Gasteiger partial charge in [0.15, 0.2) is 14.1 Å². The number of β-lactam (4-membered cyclic amide) rings is 1. The quantitative estimate of drug-likeness (QED) is 0.508. The van der Waals surface area contributed by atoms with E-state index >= 15 is 0 Å². The van der Waals surface area contributed by atoms with Crippen molar-refractivity contribution in [3.05, 3.63) is 12.2 Å². The molecular formula is C17H31NO4Si2. The maximum absolute atomic E-state index is 12.3. The van der Waals surface area contributed by atoms with Crippen LogP contribution in [0.5, 0.6) is 0 Å². The van der Waals surface area contributed by atoms with Crippen LogP contribution in [0.25, 0.3) is 0 Å². The van der Waals surface area contributed by atoms with Crippen LogP contribution in [0.4, 0.5) is 0 Å². The number of nitrogens with zero attached hydrogens (tertiary/aromatic N) is 1. The average Bonchev–Trinajstić information content (AvgIpc) is 2.44. The van der Waals surface area contributed by atoms with Gasteiger partial charge >= 0.3 is 0 Å². The summed E-state index contributed by atoms with van der Waals surface area (Å²) >= 11 is 0. The lowest BCUT2D eigenvalue weighted by Crippen LogP contribution is -2.72. The molecule has 24 heavy (non-hydrogen) atoms. The number of hydroxylamine groups is 2. The first kappa shape index (κ1) is 19.6. The lowest BCUT2D eigenvalue weighted by Gasteiger charge is -2.56. The van der Waals surface area contributed by atoms with Gasteiger partial charge in [-0.1, -0.05) is 19.8 Å². The normalized spacial score (nSPS) is 27.8. The highest BCUT2D eigenvalue weighted by Gasteiger charge is 2.59. The van der Waals surface area contributed by atoms with Gasteiger partial charge in [-0.3, -0.25) is 9.59 Å². The van der Waals surface area contributed by atoms with E-state index in [2.05, 4.69) is 39.7 Å². The van der Waals surface area contributed by atoms with E-state index in [-0.39, 0.29) is 17.8 Å². The van der Waals surface area contributed by atoms with E-state index in [0.29, 0.717) is 12.8 Å². The molecular weight excluding hydrogens is 338 g/mol. The van der Waals surface area contributed by atoms with Crippen LogP contribution >= 0.6 is 0 Å². The fourth-order valence-electron chi connectivity index (χ4n) is 3.27. The predicted octanol–water partition coefficient (Wildman–Crippen LogP) is 3.64. The average molecular weight is 370 g/mol. The summed E-state index contributed by atoms with van der Waals surface area (Å²) < 4.78 is 12.5. The van der Waals surface area contributed by atoms with Gasteiger partial charge in [0.2, 0.25) is 14.2 Å². The molecule has 1 saturated heterocycles. The first-order chi connectivity index (χ1) is 11.0. The third-order valence-corrected chi connectivity index (χ3v) is 7.73. The van der Waals surface area contributed by atoms with Crippen LogP contribution in [-0.4, -0.2) is 45.0 Å². The number of hydrogen-bond donors (Lipinski definition) is 0. The minimum absolute atomic E-state index is 0.00440. The number of rotatable bonds is 7. The summed E-state index contributed by atoms with van der Waals surface area (Å²) in [5.74, 6) is 0.0564. The van der Waals surface area contributed by atoms with E-state index in [0.717, 1.165) is 18.9 Å². The van der Waals surface area contributed by atoms with Crippen molar-refractivity contribution in [2.45, 2.75) is 83.0 Å². The van der Waals surface area contributed by atoms with Crippen LogP contribution in [-0.2, 0) is 18.5 Å². The van der Waals surface area contributed by atoms with E-state index in [9.17, 15) is 9.59 Å². The fraction of sp³-hybridized carbons (Fsp3) is 0.765. The van der Waals surface area contributed by atoms with Crippen molar-refractivity contribution in [3.63, 3.8) is 0 Å². The molecule has 2 atom stereocenters. The Morgan fingerprint density at radius 2 is 1.92 bits per heavy atom. The van der Waals surface area contributed by atoms with Gasteiger partial charge in [0.05, 0.1) is 12.5 Å². The maximum atomic E-state index is 12.3. The molecule has 2 aliphatic rings. The molecule has 136 valence electrons. The van der Waals surface area contributed by atoms with Gasteiger partial charge < -0.3 is 8.95 Å². The molecule has 7 heteroatoms. The third kappa shape index (κ3) is 4.25. The van der Waals surface area contributed by atoms with Crippen molar-refractivity contribution in [1.82, 2.24) is 5.06 Å². The Morgan fingerprint density at radius 1 is 1.25 bits per heavy atom. The SMILES string of the molecule is CCCC[Si](C)(C)ON1C(=O)CC12C=CC(=O)CC2O[Si](C)(C)C. The van der Waals surface area contributed by atoms with E-state index in [1.807, 2.05) is 6.08 Å². The zero-order valence-electron chi connectivity index (χ0n) is 15.8. The maximum Gasteiger partial charge on any atom is 0.248 e. The summed E-state index contributed by atoms with van der Waals surface area (Å²) in [4.78, 5) is 24.2. The largest absolute Gasteiger partial charge is 0.411 e. The lowest BCUT2D eigenvalue weighted by molar-refractivity contribution is -0.226. The minimum atomic E-state index is -1.97. The van der Waals surface area contributed by atoms with E-state index in [1.54, 1.807) is 11.1 Å². The highest BCUT2D eigenvalue weighted by atomic mass is 28.4. The number of hydrogen-bond acceptors (Lipinski definition) is 4. The van der Waals surface area contributed by atoms with Crippen LogP contribution in [0.3, 0.4) is 0 Å². The monoisotopic (exact) mass is 369 g/mol. The van der Waals surface area contributed by atoms with Crippen molar-refractivity contribution in [2.75, 3.05) is 0 Å². The summed E-state index contributed by atoms with van der Waals surface area (Å²) in [5, 5.41) is 1.54. The molecule has 0 bridgehead atoms. The Bertz CT molecular complexity index is 541. The molecule has 1 amide bonds. The first-order valence-corrected chi connectivity index (χ1v) is 15.4. The van der Waals surface area contributed by atoms with Crippen molar-refractivity contribution in [2.24, 2.45) is 0 Å². The second-order valence-corrected chi connectivity index (χ2v) is 17.2. The molecule has 0 aromatic carbocycles. The van der Waals surface area contributed by atoms with E-state index in [1.165, 1.54) is 0 Å². The van der Waals surface area contributed by atoms with Crippen molar-refractivity contribution in [3.8, 4) is 0 Å². The number of unbranched alkanes of at least 4 members (excludes halogenated alkanes) is 1. The summed E-state index contributed by atoms with van der Waals surface area (Å²) in [7, 11) is -3.82. The van der Waals surface area contributed by atoms with Crippen LogP contribution in [0, 0.1) is 0 Å². The first-order valence-electron chi connectivity index (χ1n) is 8.91. The minimum Gasteiger partial charge on any atom is -0.411 e. The highest BCUT2D eigenvalue weighted by Crippen LogP contribution is 2.44. The Morgan fingerprint density at radius 3 is 2.46 bits per heavy atom. The summed E-state index contributed by atoms with van der Waals surface area (Å²) in [6.07, 6.45) is 6.06. The number of carbonyl (C=O) groups is 2. The van der Waals surface area contributed by atoms with Gasteiger partial charge in [0.25, 0.3) is 0 Å². The lowest BCUT2D eigenvalue weighted by atomic mass is 9.75. The molecule has 5 nitrogen and oxygen atoms in total. The third-order valence-electron chi connectivity index (χ3n) is 4.51. The second kappa shape index (κ2) is 6.86. The molecule has 0 N–H and O–H groups in total. The zero-order chi connectivity index (χ0) is 18.2. The Balaban J connectivity index is 2.23. The van der Waals surface area contributed by atoms with Crippen LogP contribution in [0.15, 0.2) is 12.2 Å². The molecule has 1 aliphatic carbocycles. The number of ketones is 1. The van der Waals surface area contributed by atoms with Gasteiger partial charge in [-0.25, -0.2) is 5.06 Å². The summed E-state index contributed by atoms with van der Waals surface area (Å²) in [5.41, 5.74) is -0.595. The van der Waals surface area contributed by atoms with E-state index < -0.39 is 22.2 Å². The van der Waals surface area contributed by atoms with Crippen LogP contribution in [0.2, 0.25) is 38.8 Å². The number of carbonyl (C=O) groups excluding carboxylic acids is 2. The van der Waals surface area contributed by atoms with Crippen molar-refractivity contribution in [1.29, 1.82) is 0 Å². The highest BCUT2D eigenvalue weighted by molar-refractivity contribution is 6.71. The molecule has 2 unspecified atom stereocenters. The number of allylic oxidation sites excluding steroid dienone is 1. The molecule has 1 fully saturated rings. The zero-order valence-corrected chi connectivity index (χ0v) is 17.8. The summed E-state index contributed by atoms with van der Waals surface area (Å²) in [6.45, 7) is 12.8.